The molecule has 1 unspecified atom stereocenters. The van der Waals surface area contributed by atoms with E-state index in [-0.39, 0.29) is 10.8 Å². The van der Waals surface area contributed by atoms with Crippen LogP contribution in [-0.2, 0) is 17.7 Å². The van der Waals surface area contributed by atoms with Gasteiger partial charge in [-0.2, -0.15) is 4.98 Å². The summed E-state index contributed by atoms with van der Waals surface area (Å²) in [5, 5.41) is 7.99. The van der Waals surface area contributed by atoms with Crippen LogP contribution in [0.3, 0.4) is 0 Å². The zero-order chi connectivity index (χ0) is 29.1. The summed E-state index contributed by atoms with van der Waals surface area (Å²) in [6, 6.07) is 15.1. The molecule has 2 N–H and O–H groups in total. The quantitative estimate of drug-likeness (QED) is 0.276. The Balaban J connectivity index is 1.51. The third-order valence-electron chi connectivity index (χ3n) is 7.06. The fourth-order valence-corrected chi connectivity index (χ4v) is 6.17. The first-order chi connectivity index (χ1) is 19.7. The third kappa shape index (κ3) is 6.68. The van der Waals surface area contributed by atoms with E-state index in [4.69, 9.17) is 16.6 Å². The summed E-state index contributed by atoms with van der Waals surface area (Å²) in [6.07, 6.45) is 1.73. The van der Waals surface area contributed by atoms with Crippen molar-refractivity contribution in [2.24, 2.45) is 0 Å². The van der Waals surface area contributed by atoms with E-state index < -0.39 is 11.2 Å². The van der Waals surface area contributed by atoms with E-state index in [2.05, 4.69) is 20.5 Å². The van der Waals surface area contributed by atoms with Crippen LogP contribution in [-0.4, -0.2) is 76.1 Å². The van der Waals surface area contributed by atoms with Crippen molar-refractivity contribution in [1.29, 1.82) is 0 Å². The van der Waals surface area contributed by atoms with Crippen LogP contribution in [0.4, 0.5) is 17.3 Å². The van der Waals surface area contributed by atoms with Crippen LogP contribution < -0.4 is 21.1 Å². The Labute approximate surface area is 248 Å². The highest BCUT2D eigenvalue weighted by Gasteiger charge is 2.19. The number of nitrogens with one attached hydrogen (secondary N) is 2. The van der Waals surface area contributed by atoms with Gasteiger partial charge in [0.1, 0.15) is 10.9 Å². The molecule has 2 aromatic carbocycles. The first kappa shape index (κ1) is 29.3. The molecule has 1 atom stereocenters. The molecule has 4 aromatic rings. The predicted molar refractivity (Wildman–Crippen MR) is 169 cm³/mol. The molecule has 0 saturated carbocycles. The third-order valence-corrected chi connectivity index (χ3v) is 8.94. The van der Waals surface area contributed by atoms with Crippen molar-refractivity contribution < 1.29 is 4.55 Å². The Bertz CT molecular complexity index is 1590. The van der Waals surface area contributed by atoms with Gasteiger partial charge in [0, 0.05) is 68.2 Å². The minimum Gasteiger partial charge on any atom is -0.611 e. The number of nitrogens with zero attached hydrogens (tertiary/aromatic N) is 5. The summed E-state index contributed by atoms with van der Waals surface area (Å²) in [4.78, 5) is 28.2. The average Bonchev–Trinajstić information content (AvgIpc) is 2.96. The van der Waals surface area contributed by atoms with Crippen LogP contribution >= 0.6 is 11.6 Å². The van der Waals surface area contributed by atoms with Gasteiger partial charge >= 0.3 is 0 Å². The lowest BCUT2D eigenvalue weighted by atomic mass is 10.1. The second-order valence-electron chi connectivity index (χ2n) is 10.7. The molecule has 2 aromatic heterocycles. The predicted octanol–water partition coefficient (Wildman–Crippen LogP) is 4.34. The van der Waals surface area contributed by atoms with Gasteiger partial charge in [0.25, 0.3) is 5.56 Å². The molecular formula is C30H36ClN7O2S. The number of halogens is 1. The zero-order valence-corrected chi connectivity index (χ0v) is 25.4. The summed E-state index contributed by atoms with van der Waals surface area (Å²) in [5.74, 6) is 0.378. The molecule has 216 valence electrons. The van der Waals surface area contributed by atoms with Gasteiger partial charge in [-0.05, 0) is 75.0 Å². The van der Waals surface area contributed by atoms with Gasteiger partial charge < -0.3 is 25.0 Å². The van der Waals surface area contributed by atoms with E-state index in [0.29, 0.717) is 40.2 Å². The van der Waals surface area contributed by atoms with E-state index in [1.54, 1.807) is 10.8 Å². The van der Waals surface area contributed by atoms with Gasteiger partial charge in [0.15, 0.2) is 4.90 Å². The molecule has 1 fully saturated rings. The van der Waals surface area contributed by atoms with E-state index in [1.165, 1.54) is 0 Å². The van der Waals surface area contributed by atoms with Gasteiger partial charge in [-0.3, -0.25) is 9.36 Å². The molecule has 9 nitrogen and oxygen atoms in total. The lowest BCUT2D eigenvalue weighted by molar-refractivity contribution is 0.384. The van der Waals surface area contributed by atoms with Crippen molar-refractivity contribution in [2.75, 3.05) is 57.0 Å². The maximum absolute atomic E-state index is 13.9. The second kappa shape index (κ2) is 12.8. The fraction of sp³-hybridized carbons (Fsp3) is 0.367. The Morgan fingerprint density at radius 2 is 1.93 bits per heavy atom. The van der Waals surface area contributed by atoms with Gasteiger partial charge in [-0.15, -0.1) is 0 Å². The number of piperazine rings is 1. The molecular weight excluding hydrogens is 558 g/mol. The minimum atomic E-state index is -1.16. The minimum absolute atomic E-state index is 0.0222. The van der Waals surface area contributed by atoms with Crippen molar-refractivity contribution in [3.05, 3.63) is 70.1 Å². The van der Waals surface area contributed by atoms with Crippen LogP contribution in [0.2, 0.25) is 5.02 Å². The monoisotopic (exact) mass is 593 g/mol. The number of rotatable bonds is 9. The number of anilines is 3. The fourth-order valence-electron chi connectivity index (χ4n) is 4.87. The van der Waals surface area contributed by atoms with E-state index >= 15 is 0 Å². The van der Waals surface area contributed by atoms with Gasteiger partial charge in [-0.25, -0.2) is 4.98 Å². The van der Waals surface area contributed by atoms with Gasteiger partial charge in [0.05, 0.1) is 10.7 Å². The largest absolute Gasteiger partial charge is 0.611 e. The number of fused-ring (bicyclic) bond motifs is 1. The average molecular weight is 594 g/mol. The first-order valence-electron chi connectivity index (χ1n) is 13.8. The molecule has 5 rings (SSSR count). The summed E-state index contributed by atoms with van der Waals surface area (Å²) >= 11 is 5.49. The van der Waals surface area contributed by atoms with Crippen LogP contribution in [0.1, 0.15) is 13.8 Å². The molecule has 1 aliphatic rings. The Morgan fingerprint density at radius 1 is 1.15 bits per heavy atom. The van der Waals surface area contributed by atoms with Gasteiger partial charge in [-0.1, -0.05) is 23.7 Å². The summed E-state index contributed by atoms with van der Waals surface area (Å²) < 4.78 is 14.5. The Morgan fingerprint density at radius 3 is 2.63 bits per heavy atom. The van der Waals surface area contributed by atoms with Crippen molar-refractivity contribution in [1.82, 2.24) is 24.8 Å². The molecule has 1 aliphatic heterocycles. The molecule has 1 saturated heterocycles. The normalized spacial score (nSPS) is 14.7. The standard InChI is InChI=1S/C30H36ClN7O2S/c1-20(2)41(40)24-7-5-6-21(16-24)25-17-22-19-33-30(35-28(22)38(29(25)39)15-14-36(3)4)34-23-8-9-27(26(31)18-23)37-12-10-32-11-13-37/h5-9,16-20,32H,10-15H2,1-4H3,(H,33,34,35). The van der Waals surface area contributed by atoms with Crippen molar-refractivity contribution in [2.45, 2.75) is 30.5 Å². The molecule has 11 heteroatoms. The molecule has 0 bridgehead atoms. The number of hydrogen-bond acceptors (Lipinski definition) is 8. The van der Waals surface area contributed by atoms with Crippen LogP contribution in [0.15, 0.2) is 64.4 Å². The van der Waals surface area contributed by atoms with E-state index in [9.17, 15) is 9.35 Å². The maximum atomic E-state index is 13.9. The van der Waals surface area contributed by atoms with Crippen molar-refractivity contribution in [3.63, 3.8) is 0 Å². The molecule has 3 heterocycles. The molecule has 0 amide bonds. The zero-order valence-electron chi connectivity index (χ0n) is 23.9. The van der Waals surface area contributed by atoms with Crippen LogP contribution in [0.5, 0.6) is 0 Å². The van der Waals surface area contributed by atoms with Crippen molar-refractivity contribution >= 4 is 51.1 Å². The molecule has 0 radical (unpaired) electrons. The lowest BCUT2D eigenvalue weighted by Crippen LogP contribution is -2.43. The van der Waals surface area contributed by atoms with E-state index in [1.807, 2.05) is 81.4 Å². The Kier molecular flexibility index (Phi) is 9.16. The number of pyridine rings is 1. The lowest BCUT2D eigenvalue weighted by Gasteiger charge is -2.30. The smallest absolute Gasteiger partial charge is 0.260 e. The highest BCUT2D eigenvalue weighted by atomic mass is 35.5. The molecule has 41 heavy (non-hydrogen) atoms. The topological polar surface area (TPSA) is 101 Å². The summed E-state index contributed by atoms with van der Waals surface area (Å²) in [7, 11) is 3.94. The SMILES string of the molecule is CC(C)[S+]([O-])c1cccc(-c2cc3cnc(Nc4ccc(N5CCNCC5)c(Cl)c4)nc3n(CCN(C)C)c2=O)c1. The summed E-state index contributed by atoms with van der Waals surface area (Å²) in [6.45, 7) is 8.64. The van der Waals surface area contributed by atoms with E-state index in [0.717, 1.165) is 48.5 Å². The number of benzene rings is 2. The highest BCUT2D eigenvalue weighted by molar-refractivity contribution is 7.92. The maximum Gasteiger partial charge on any atom is 0.260 e. The number of likely N-dealkylation sites (N-methyl/N-ethyl adjacent to an activating group) is 1. The first-order valence-corrected chi connectivity index (χ1v) is 15.4. The van der Waals surface area contributed by atoms with Gasteiger partial charge in [0.2, 0.25) is 5.95 Å². The van der Waals surface area contributed by atoms with Crippen LogP contribution in [0, 0.1) is 0 Å². The second-order valence-corrected chi connectivity index (χ2v) is 13.1. The highest BCUT2D eigenvalue weighted by Crippen LogP contribution is 2.30. The van der Waals surface area contributed by atoms with Crippen LogP contribution in [0.25, 0.3) is 22.2 Å². The molecule has 0 spiro atoms. The van der Waals surface area contributed by atoms with Crippen molar-refractivity contribution in [3.8, 4) is 11.1 Å². The molecule has 0 aliphatic carbocycles. The Hall–Kier alpha value is -3.15. The number of hydrogen-bond donors (Lipinski definition) is 2. The summed E-state index contributed by atoms with van der Waals surface area (Å²) in [5.41, 5.74) is 3.41. The number of aromatic nitrogens is 3.